The Morgan fingerprint density at radius 2 is 1.47 bits per heavy atom. The van der Waals surface area contributed by atoms with Gasteiger partial charge in [-0.2, -0.15) is 0 Å². The summed E-state index contributed by atoms with van der Waals surface area (Å²) in [6, 6.07) is 0. The first-order valence-corrected chi connectivity index (χ1v) is 8.20. The minimum Gasteiger partial charge on any atom is -0.393 e. The van der Waals surface area contributed by atoms with Gasteiger partial charge < -0.3 is 5.11 Å². The molecule has 19 heavy (non-hydrogen) atoms. The number of rotatable bonds is 5. The van der Waals surface area contributed by atoms with Crippen LogP contribution in [0.2, 0.25) is 0 Å². The van der Waals surface area contributed by atoms with Crippen LogP contribution < -0.4 is 0 Å². The van der Waals surface area contributed by atoms with E-state index in [0.717, 1.165) is 37.0 Å². The fraction of sp³-hybridized carbons (Fsp3) is 0.882. The van der Waals surface area contributed by atoms with Crippen molar-refractivity contribution in [3.8, 4) is 0 Å². The second kappa shape index (κ2) is 8.04. The molecule has 0 spiro atoms. The monoisotopic (exact) mass is 268 g/mol. The van der Waals surface area contributed by atoms with E-state index in [1.165, 1.54) is 38.5 Å². The fourth-order valence-corrected chi connectivity index (χ4v) is 3.87. The summed E-state index contributed by atoms with van der Waals surface area (Å²) in [6.45, 7) is -0.190. The summed E-state index contributed by atoms with van der Waals surface area (Å²) in [7, 11) is 0. The molecule has 2 rings (SSSR count). The van der Waals surface area contributed by atoms with E-state index in [4.69, 9.17) is 0 Å². The van der Waals surface area contributed by atoms with Gasteiger partial charge in [-0.25, -0.2) is 0 Å². The van der Waals surface area contributed by atoms with E-state index in [2.05, 4.69) is 12.2 Å². The predicted octanol–water partition coefficient (Wildman–Crippen LogP) is 4.65. The van der Waals surface area contributed by atoms with Crippen molar-refractivity contribution < 1.29 is 9.50 Å². The van der Waals surface area contributed by atoms with Gasteiger partial charge in [-0.3, -0.25) is 4.39 Å². The van der Waals surface area contributed by atoms with Gasteiger partial charge in [0.05, 0.1) is 12.8 Å². The van der Waals surface area contributed by atoms with Crippen LogP contribution in [-0.4, -0.2) is 17.9 Å². The van der Waals surface area contributed by atoms with Crippen LogP contribution in [0.3, 0.4) is 0 Å². The topological polar surface area (TPSA) is 20.2 Å². The molecule has 1 N–H and O–H groups in total. The van der Waals surface area contributed by atoms with E-state index in [-0.39, 0.29) is 12.8 Å². The van der Waals surface area contributed by atoms with E-state index < -0.39 is 0 Å². The number of hydrogen-bond donors (Lipinski definition) is 1. The lowest BCUT2D eigenvalue weighted by molar-refractivity contribution is 0.0793. The van der Waals surface area contributed by atoms with Crippen molar-refractivity contribution in [3.63, 3.8) is 0 Å². The van der Waals surface area contributed by atoms with Gasteiger partial charge >= 0.3 is 0 Å². The van der Waals surface area contributed by atoms with Gasteiger partial charge in [0.25, 0.3) is 0 Å². The Kier molecular flexibility index (Phi) is 6.36. The molecule has 2 fully saturated rings. The quantitative estimate of drug-likeness (QED) is 0.568. The van der Waals surface area contributed by atoms with Crippen LogP contribution in [-0.2, 0) is 0 Å². The summed E-state index contributed by atoms with van der Waals surface area (Å²) in [4.78, 5) is 0. The highest BCUT2D eigenvalue weighted by molar-refractivity contribution is 4.92. The average molecular weight is 268 g/mol. The Morgan fingerprint density at radius 1 is 0.895 bits per heavy atom. The molecule has 2 heteroatoms. The zero-order chi connectivity index (χ0) is 13.5. The third-order valence-corrected chi connectivity index (χ3v) is 5.14. The second-order valence-corrected chi connectivity index (χ2v) is 6.50. The summed E-state index contributed by atoms with van der Waals surface area (Å²) in [5.41, 5.74) is 0. The number of unbranched alkanes of at least 4 members (excludes halogenated alkanes) is 1. The lowest BCUT2D eigenvalue weighted by Crippen LogP contribution is -2.27. The highest BCUT2D eigenvalue weighted by Crippen LogP contribution is 2.40. The van der Waals surface area contributed by atoms with Crippen LogP contribution in [0.5, 0.6) is 0 Å². The molecule has 0 radical (unpaired) electrons. The number of halogens is 1. The number of aliphatic hydroxyl groups excluding tert-OH is 1. The highest BCUT2D eigenvalue weighted by atomic mass is 19.1. The molecule has 0 heterocycles. The Labute approximate surface area is 117 Å². The van der Waals surface area contributed by atoms with E-state index >= 15 is 0 Å². The van der Waals surface area contributed by atoms with Crippen molar-refractivity contribution in [2.45, 2.75) is 70.3 Å². The summed E-state index contributed by atoms with van der Waals surface area (Å²) < 4.78 is 12.0. The highest BCUT2D eigenvalue weighted by Gasteiger charge is 2.29. The summed E-state index contributed by atoms with van der Waals surface area (Å²) in [5, 5.41) is 9.57. The summed E-state index contributed by atoms with van der Waals surface area (Å²) >= 11 is 0. The minimum absolute atomic E-state index is 0.0222. The Bertz CT molecular complexity index is 260. The van der Waals surface area contributed by atoms with Crippen molar-refractivity contribution in [2.24, 2.45) is 17.8 Å². The van der Waals surface area contributed by atoms with Crippen molar-refractivity contribution in [1.82, 2.24) is 0 Å². The Hall–Kier alpha value is -0.370. The van der Waals surface area contributed by atoms with Crippen molar-refractivity contribution in [3.05, 3.63) is 12.2 Å². The van der Waals surface area contributed by atoms with Crippen LogP contribution in [0, 0.1) is 17.8 Å². The van der Waals surface area contributed by atoms with E-state index in [1.807, 2.05) is 0 Å². The predicted molar refractivity (Wildman–Crippen MR) is 77.8 cm³/mol. The zero-order valence-electron chi connectivity index (χ0n) is 12.1. The summed E-state index contributed by atoms with van der Waals surface area (Å²) in [6.07, 6.45) is 15.9. The molecule has 2 saturated carbocycles. The van der Waals surface area contributed by atoms with Gasteiger partial charge in [0, 0.05) is 0 Å². The molecule has 0 aromatic carbocycles. The Balaban J connectivity index is 1.66. The molecule has 0 atom stereocenters. The molecule has 0 amide bonds. The molecule has 110 valence electrons. The van der Waals surface area contributed by atoms with Gasteiger partial charge in [0.2, 0.25) is 0 Å². The maximum atomic E-state index is 12.0. The van der Waals surface area contributed by atoms with Crippen molar-refractivity contribution in [2.75, 3.05) is 6.67 Å². The van der Waals surface area contributed by atoms with E-state index in [9.17, 15) is 9.50 Å². The molecule has 0 aromatic heterocycles. The van der Waals surface area contributed by atoms with Gasteiger partial charge in [-0.05, 0) is 82.0 Å². The second-order valence-electron chi connectivity index (χ2n) is 6.50. The maximum absolute atomic E-state index is 12.0. The van der Waals surface area contributed by atoms with Gasteiger partial charge in [0.1, 0.15) is 0 Å². The van der Waals surface area contributed by atoms with Gasteiger partial charge in [-0.15, -0.1) is 0 Å². The van der Waals surface area contributed by atoms with Gasteiger partial charge in [0.15, 0.2) is 0 Å². The number of allylic oxidation sites excluding steroid dienone is 2. The first-order chi connectivity index (χ1) is 9.29. The maximum Gasteiger partial charge on any atom is 0.0897 e. The number of aliphatic hydroxyl groups is 1. The summed E-state index contributed by atoms with van der Waals surface area (Å²) in [5.74, 6) is 2.52. The number of alkyl halides is 1. The van der Waals surface area contributed by atoms with Gasteiger partial charge in [-0.1, -0.05) is 12.2 Å². The molecule has 0 unspecified atom stereocenters. The third-order valence-electron chi connectivity index (χ3n) is 5.14. The van der Waals surface area contributed by atoms with Crippen molar-refractivity contribution in [1.29, 1.82) is 0 Å². The number of hydrogen-bond acceptors (Lipinski definition) is 1. The average Bonchev–Trinajstić information content (AvgIpc) is 2.45. The van der Waals surface area contributed by atoms with E-state index in [0.29, 0.717) is 6.42 Å². The standard InChI is InChI=1S/C17H29FO/c18-13-3-1-2-4-14-5-7-15(8-6-14)16-9-11-17(19)12-10-16/h2,4,14-17,19H,1,3,5-13H2. The van der Waals surface area contributed by atoms with Crippen molar-refractivity contribution >= 4 is 0 Å². The SMILES string of the molecule is OC1CCC(C2CCC(C=CCCCF)CC2)CC1. The molecular weight excluding hydrogens is 239 g/mol. The van der Waals surface area contributed by atoms with Crippen LogP contribution in [0.4, 0.5) is 4.39 Å². The third kappa shape index (κ3) is 4.91. The molecule has 0 aromatic rings. The smallest absolute Gasteiger partial charge is 0.0897 e. The molecule has 2 aliphatic rings. The largest absolute Gasteiger partial charge is 0.393 e. The minimum atomic E-state index is -0.190. The van der Waals surface area contributed by atoms with Crippen LogP contribution in [0.1, 0.15) is 64.2 Å². The first kappa shape index (κ1) is 15.0. The zero-order valence-corrected chi connectivity index (χ0v) is 12.1. The lowest BCUT2D eigenvalue weighted by atomic mass is 9.70. The molecule has 1 nitrogen and oxygen atoms in total. The normalized spacial score (nSPS) is 36.7. The molecular formula is C17H29FO. The molecule has 2 aliphatic carbocycles. The van der Waals surface area contributed by atoms with E-state index in [1.54, 1.807) is 0 Å². The first-order valence-electron chi connectivity index (χ1n) is 8.20. The lowest BCUT2D eigenvalue weighted by Gasteiger charge is -2.36. The fourth-order valence-electron chi connectivity index (χ4n) is 3.87. The van der Waals surface area contributed by atoms with Crippen LogP contribution in [0.15, 0.2) is 12.2 Å². The van der Waals surface area contributed by atoms with Crippen LogP contribution in [0.25, 0.3) is 0 Å². The Morgan fingerprint density at radius 3 is 2.05 bits per heavy atom. The molecule has 0 aliphatic heterocycles. The van der Waals surface area contributed by atoms with Crippen LogP contribution >= 0.6 is 0 Å². The molecule has 0 saturated heterocycles. The molecule has 0 bridgehead atoms.